The van der Waals surface area contributed by atoms with Crippen molar-refractivity contribution in [2.45, 2.75) is 6.92 Å². The molecule has 0 saturated heterocycles. The molecule has 0 fully saturated rings. The smallest absolute Gasteiger partial charge is 0.338 e. The zero-order valence-corrected chi connectivity index (χ0v) is 14.3. The Morgan fingerprint density at radius 1 is 1.04 bits per heavy atom. The summed E-state index contributed by atoms with van der Waals surface area (Å²) in [7, 11) is 2.33. The Hall–Kier alpha value is -2.93. The average molecular weight is 367 g/mol. The first-order valence-electron chi connectivity index (χ1n) is 6.97. The molecule has 3 N–H and O–H groups in total. The summed E-state index contributed by atoms with van der Waals surface area (Å²) in [5.41, 5.74) is -0.721. The fourth-order valence-corrected chi connectivity index (χ4v) is 2.52. The maximum absolute atomic E-state index is 12.9. The third-order valence-corrected chi connectivity index (χ3v) is 4.04. The van der Waals surface area contributed by atoms with Crippen LogP contribution >= 0.6 is 11.6 Å². The molecule has 0 atom stereocenters. The van der Waals surface area contributed by atoms with Crippen molar-refractivity contribution in [3.8, 4) is 23.0 Å². The molecular formula is C17H15ClO7. The molecule has 0 bridgehead atoms. The number of ketones is 1. The maximum Gasteiger partial charge on any atom is 0.338 e. The Morgan fingerprint density at radius 3 is 2.24 bits per heavy atom. The summed E-state index contributed by atoms with van der Waals surface area (Å²) in [5.74, 6) is -3.44. The number of aromatic hydroxyl groups is 3. The van der Waals surface area contributed by atoms with Crippen LogP contribution < -0.4 is 4.74 Å². The van der Waals surface area contributed by atoms with E-state index in [1.54, 1.807) is 0 Å². The number of hydrogen-bond donors (Lipinski definition) is 3. The van der Waals surface area contributed by atoms with Crippen LogP contribution in [0.2, 0.25) is 5.02 Å². The Balaban J connectivity index is 2.81. The zero-order valence-electron chi connectivity index (χ0n) is 13.6. The molecule has 0 aliphatic carbocycles. The molecule has 0 amide bonds. The minimum Gasteiger partial charge on any atom is -0.508 e. The SMILES string of the molecule is COC(=O)c1cc(O)cc(OC)c1C(=O)c1c(O)cc(C)c(Cl)c1O. The Morgan fingerprint density at radius 2 is 1.68 bits per heavy atom. The highest BCUT2D eigenvalue weighted by atomic mass is 35.5. The van der Waals surface area contributed by atoms with Crippen LogP contribution in [-0.2, 0) is 4.74 Å². The number of ether oxygens (including phenoxy) is 2. The van der Waals surface area contributed by atoms with Crippen LogP contribution in [0, 0.1) is 6.92 Å². The number of esters is 1. The number of halogens is 1. The van der Waals surface area contributed by atoms with Crippen molar-refractivity contribution in [1.29, 1.82) is 0 Å². The Bertz CT molecular complexity index is 874. The standard InChI is InChI=1S/C17H15ClO7/c1-7-4-10(20)13(16(22)14(7)18)15(21)12-9(17(23)25-3)5-8(19)6-11(12)24-2/h4-6,19-20,22H,1-3H3. The van der Waals surface area contributed by atoms with E-state index in [1.807, 2.05) is 0 Å². The van der Waals surface area contributed by atoms with E-state index in [-0.39, 0.29) is 27.6 Å². The number of hydrogen-bond acceptors (Lipinski definition) is 7. The third-order valence-electron chi connectivity index (χ3n) is 3.57. The summed E-state index contributed by atoms with van der Waals surface area (Å²) < 4.78 is 9.66. The molecule has 8 heteroatoms. The van der Waals surface area contributed by atoms with Crippen LogP contribution in [0.3, 0.4) is 0 Å². The second-order valence-corrected chi connectivity index (χ2v) is 5.52. The molecule has 0 unspecified atom stereocenters. The summed E-state index contributed by atoms with van der Waals surface area (Å²) >= 11 is 5.94. The fraction of sp³-hybridized carbons (Fsp3) is 0.176. The van der Waals surface area contributed by atoms with E-state index in [0.29, 0.717) is 5.56 Å². The molecule has 7 nitrogen and oxygen atoms in total. The van der Waals surface area contributed by atoms with Gasteiger partial charge in [0.2, 0.25) is 5.78 Å². The van der Waals surface area contributed by atoms with E-state index in [4.69, 9.17) is 16.3 Å². The van der Waals surface area contributed by atoms with Crippen molar-refractivity contribution in [1.82, 2.24) is 0 Å². The van der Waals surface area contributed by atoms with E-state index < -0.39 is 28.8 Å². The Kier molecular flexibility index (Phi) is 5.08. The third kappa shape index (κ3) is 3.18. The molecule has 0 aromatic heterocycles. The van der Waals surface area contributed by atoms with E-state index >= 15 is 0 Å². The van der Waals surface area contributed by atoms with Gasteiger partial charge in [-0.2, -0.15) is 0 Å². The van der Waals surface area contributed by atoms with E-state index in [2.05, 4.69) is 4.74 Å². The molecule has 2 rings (SSSR count). The molecule has 0 spiro atoms. The normalized spacial score (nSPS) is 10.4. The lowest BCUT2D eigenvalue weighted by molar-refractivity contribution is 0.0596. The molecule has 0 aliphatic rings. The molecule has 25 heavy (non-hydrogen) atoms. The zero-order chi connectivity index (χ0) is 18.9. The van der Waals surface area contributed by atoms with Gasteiger partial charge in [0.25, 0.3) is 0 Å². The lowest BCUT2D eigenvalue weighted by Crippen LogP contribution is -2.13. The van der Waals surface area contributed by atoms with Crippen LogP contribution in [0.4, 0.5) is 0 Å². The highest BCUT2D eigenvalue weighted by Crippen LogP contribution is 2.40. The number of phenols is 3. The lowest BCUT2D eigenvalue weighted by Gasteiger charge is -2.15. The second kappa shape index (κ2) is 6.90. The summed E-state index contributed by atoms with van der Waals surface area (Å²) in [5, 5.41) is 29.9. The van der Waals surface area contributed by atoms with Gasteiger partial charge < -0.3 is 24.8 Å². The van der Waals surface area contributed by atoms with Gasteiger partial charge in [-0.15, -0.1) is 0 Å². The molecule has 0 saturated carbocycles. The van der Waals surface area contributed by atoms with Gasteiger partial charge in [0.15, 0.2) is 0 Å². The minimum absolute atomic E-state index is 0.112. The number of phenolic OH excluding ortho intramolecular Hbond substituents is 3. The first kappa shape index (κ1) is 18.4. The number of carbonyl (C=O) groups excluding carboxylic acids is 2. The summed E-state index contributed by atoms with van der Waals surface area (Å²) in [6, 6.07) is 3.34. The summed E-state index contributed by atoms with van der Waals surface area (Å²) in [6.07, 6.45) is 0. The van der Waals surface area contributed by atoms with Crippen LogP contribution in [0.1, 0.15) is 31.8 Å². The van der Waals surface area contributed by atoms with Crippen molar-refractivity contribution in [2.75, 3.05) is 14.2 Å². The minimum atomic E-state index is -0.922. The van der Waals surface area contributed by atoms with Crippen LogP contribution in [0.25, 0.3) is 0 Å². The molecule has 0 heterocycles. The monoisotopic (exact) mass is 366 g/mol. The van der Waals surface area contributed by atoms with E-state index in [0.717, 1.165) is 19.2 Å². The van der Waals surface area contributed by atoms with Gasteiger partial charge in [-0.05, 0) is 24.6 Å². The quantitative estimate of drug-likeness (QED) is 0.563. The van der Waals surface area contributed by atoms with Gasteiger partial charge in [0, 0.05) is 6.07 Å². The molecule has 0 radical (unpaired) electrons. The van der Waals surface area contributed by atoms with Crippen molar-refractivity contribution < 1.29 is 34.4 Å². The van der Waals surface area contributed by atoms with Gasteiger partial charge in [0.1, 0.15) is 28.6 Å². The average Bonchev–Trinajstić information content (AvgIpc) is 2.57. The summed E-state index contributed by atoms with van der Waals surface area (Å²) in [6.45, 7) is 1.54. The Labute approximate surface area is 148 Å². The van der Waals surface area contributed by atoms with Gasteiger partial charge in [-0.1, -0.05) is 11.6 Å². The first-order valence-corrected chi connectivity index (χ1v) is 7.35. The van der Waals surface area contributed by atoms with Gasteiger partial charge in [-0.3, -0.25) is 4.79 Å². The fourth-order valence-electron chi connectivity index (χ4n) is 2.37. The highest BCUT2D eigenvalue weighted by molar-refractivity contribution is 6.34. The predicted octanol–water partition coefficient (Wildman–Crippen LogP) is 2.79. The molecule has 0 aliphatic heterocycles. The topological polar surface area (TPSA) is 113 Å². The van der Waals surface area contributed by atoms with Gasteiger partial charge in [0.05, 0.1) is 30.4 Å². The number of methoxy groups -OCH3 is 2. The maximum atomic E-state index is 12.9. The van der Waals surface area contributed by atoms with Crippen LogP contribution in [0.5, 0.6) is 23.0 Å². The number of carbonyl (C=O) groups is 2. The van der Waals surface area contributed by atoms with Crippen molar-refractivity contribution >= 4 is 23.4 Å². The van der Waals surface area contributed by atoms with Crippen molar-refractivity contribution in [2.24, 2.45) is 0 Å². The van der Waals surface area contributed by atoms with Crippen LogP contribution in [-0.4, -0.2) is 41.3 Å². The molecular weight excluding hydrogens is 352 g/mol. The number of rotatable bonds is 4. The van der Waals surface area contributed by atoms with E-state index in [1.165, 1.54) is 20.1 Å². The second-order valence-electron chi connectivity index (χ2n) is 5.14. The predicted molar refractivity (Wildman–Crippen MR) is 88.9 cm³/mol. The van der Waals surface area contributed by atoms with Gasteiger partial charge in [-0.25, -0.2) is 4.79 Å². The van der Waals surface area contributed by atoms with Crippen LogP contribution in [0.15, 0.2) is 18.2 Å². The highest BCUT2D eigenvalue weighted by Gasteiger charge is 2.29. The largest absolute Gasteiger partial charge is 0.508 e. The van der Waals surface area contributed by atoms with Gasteiger partial charge >= 0.3 is 5.97 Å². The lowest BCUT2D eigenvalue weighted by atomic mass is 9.94. The first-order chi connectivity index (χ1) is 11.7. The van der Waals surface area contributed by atoms with E-state index in [9.17, 15) is 24.9 Å². The number of aryl methyl sites for hydroxylation is 1. The number of benzene rings is 2. The summed E-state index contributed by atoms with van der Waals surface area (Å²) in [4.78, 5) is 24.9. The van der Waals surface area contributed by atoms with Crippen molar-refractivity contribution in [3.05, 3.63) is 45.5 Å². The van der Waals surface area contributed by atoms with Crippen molar-refractivity contribution in [3.63, 3.8) is 0 Å². The molecule has 2 aromatic carbocycles. The molecule has 132 valence electrons. The molecule has 2 aromatic rings.